The number of nitrogens with one attached hydrogen (secondary N) is 1. The predicted octanol–water partition coefficient (Wildman–Crippen LogP) is 3.88. The van der Waals surface area contributed by atoms with Gasteiger partial charge in [0.05, 0.1) is 11.4 Å². The highest BCUT2D eigenvalue weighted by Gasteiger charge is 2.24. The van der Waals surface area contributed by atoms with Crippen LogP contribution in [0, 0.1) is 6.92 Å². The second-order valence-corrected chi connectivity index (χ2v) is 6.55. The minimum Gasteiger partial charge on any atom is -0.378 e. The number of aromatic nitrogens is 2. The smallest absolute Gasteiger partial charge is 0.133 e. The van der Waals surface area contributed by atoms with Crippen LogP contribution < -0.4 is 10.2 Å². The molecule has 0 spiro atoms. The van der Waals surface area contributed by atoms with Gasteiger partial charge in [-0.1, -0.05) is 24.3 Å². The third-order valence-electron chi connectivity index (χ3n) is 4.53. The molecule has 3 aromatic rings. The summed E-state index contributed by atoms with van der Waals surface area (Å²) in [7, 11) is 4.13. The first kappa shape index (κ1) is 14.8. The van der Waals surface area contributed by atoms with Gasteiger partial charge < -0.3 is 10.2 Å². The van der Waals surface area contributed by atoms with Crippen molar-refractivity contribution in [3.63, 3.8) is 0 Å². The average Bonchev–Trinajstić information content (AvgIpc) is 3.17. The van der Waals surface area contributed by atoms with Crippen molar-refractivity contribution in [1.29, 1.82) is 0 Å². The van der Waals surface area contributed by atoms with E-state index < -0.39 is 0 Å². The van der Waals surface area contributed by atoms with Crippen LogP contribution in [-0.4, -0.2) is 30.4 Å². The van der Waals surface area contributed by atoms with Gasteiger partial charge in [-0.25, -0.2) is 4.68 Å². The van der Waals surface area contributed by atoms with E-state index in [4.69, 9.17) is 5.10 Å². The number of hydrogen-bond acceptors (Lipinski definition) is 3. The van der Waals surface area contributed by atoms with Crippen molar-refractivity contribution in [2.75, 3.05) is 30.9 Å². The summed E-state index contributed by atoms with van der Waals surface area (Å²) in [6.07, 6.45) is 1.02. The Kier molecular flexibility index (Phi) is 3.53. The van der Waals surface area contributed by atoms with E-state index in [0.29, 0.717) is 0 Å². The molecule has 0 radical (unpaired) electrons. The summed E-state index contributed by atoms with van der Waals surface area (Å²) in [5, 5.41) is 8.45. The van der Waals surface area contributed by atoms with E-state index in [-0.39, 0.29) is 0 Å². The lowest BCUT2D eigenvalue weighted by atomic mass is 10.1. The first-order chi connectivity index (χ1) is 11.6. The predicted molar refractivity (Wildman–Crippen MR) is 100 cm³/mol. The van der Waals surface area contributed by atoms with Crippen molar-refractivity contribution >= 4 is 11.5 Å². The van der Waals surface area contributed by atoms with Crippen LogP contribution in [-0.2, 0) is 6.42 Å². The van der Waals surface area contributed by atoms with Gasteiger partial charge >= 0.3 is 0 Å². The van der Waals surface area contributed by atoms with Gasteiger partial charge in [-0.05, 0) is 43.2 Å². The lowest BCUT2D eigenvalue weighted by Gasteiger charge is -2.13. The minimum absolute atomic E-state index is 0.972. The third kappa shape index (κ3) is 2.44. The van der Waals surface area contributed by atoms with E-state index in [1.165, 1.54) is 22.4 Å². The lowest BCUT2D eigenvalue weighted by molar-refractivity contribution is 0.881. The van der Waals surface area contributed by atoms with Crippen LogP contribution in [0.15, 0.2) is 48.5 Å². The highest BCUT2D eigenvalue weighted by Crippen LogP contribution is 2.35. The molecular weight excluding hydrogens is 296 g/mol. The second-order valence-electron chi connectivity index (χ2n) is 6.55. The molecule has 4 rings (SSSR count). The number of nitrogens with zero attached hydrogens (tertiary/aromatic N) is 3. The molecule has 0 unspecified atom stereocenters. The fourth-order valence-electron chi connectivity index (χ4n) is 3.28. The number of aryl methyl sites for hydroxylation is 1. The molecule has 2 aromatic carbocycles. The summed E-state index contributed by atoms with van der Waals surface area (Å²) in [4.78, 5) is 2.12. The van der Waals surface area contributed by atoms with Gasteiger partial charge in [0.1, 0.15) is 5.82 Å². The van der Waals surface area contributed by atoms with Crippen LogP contribution in [0.1, 0.15) is 11.1 Å². The van der Waals surface area contributed by atoms with Crippen LogP contribution in [0.25, 0.3) is 16.9 Å². The molecule has 4 heteroatoms. The van der Waals surface area contributed by atoms with Crippen LogP contribution in [0.5, 0.6) is 0 Å². The molecule has 1 N–H and O–H groups in total. The molecule has 122 valence electrons. The van der Waals surface area contributed by atoms with E-state index in [1.54, 1.807) is 0 Å². The molecule has 0 atom stereocenters. The fourth-order valence-corrected chi connectivity index (χ4v) is 3.28. The molecule has 0 saturated carbocycles. The maximum Gasteiger partial charge on any atom is 0.133 e. The summed E-state index contributed by atoms with van der Waals surface area (Å²) in [6.45, 7) is 3.08. The summed E-state index contributed by atoms with van der Waals surface area (Å²) in [5.41, 5.74) is 7.11. The van der Waals surface area contributed by atoms with Gasteiger partial charge in [0, 0.05) is 37.5 Å². The molecule has 1 aliphatic rings. The molecule has 2 heterocycles. The molecule has 0 saturated heterocycles. The highest BCUT2D eigenvalue weighted by atomic mass is 15.3. The zero-order valence-electron chi connectivity index (χ0n) is 14.4. The quantitative estimate of drug-likeness (QED) is 0.795. The highest BCUT2D eigenvalue weighted by molar-refractivity contribution is 5.75. The van der Waals surface area contributed by atoms with Crippen molar-refractivity contribution in [2.24, 2.45) is 0 Å². The monoisotopic (exact) mass is 318 g/mol. The van der Waals surface area contributed by atoms with Gasteiger partial charge in [0.2, 0.25) is 0 Å². The SMILES string of the molecule is Cc1cccc(-n2nc(-c3cccc(N(C)C)c3)c3c2NCC3)c1. The van der Waals surface area contributed by atoms with E-state index in [0.717, 1.165) is 30.2 Å². The van der Waals surface area contributed by atoms with Crippen molar-refractivity contribution in [2.45, 2.75) is 13.3 Å². The molecule has 0 bridgehead atoms. The largest absolute Gasteiger partial charge is 0.378 e. The Balaban J connectivity index is 1.86. The molecule has 0 fully saturated rings. The number of fused-ring (bicyclic) bond motifs is 1. The number of rotatable bonds is 3. The normalized spacial score (nSPS) is 12.8. The van der Waals surface area contributed by atoms with Gasteiger partial charge in [-0.15, -0.1) is 0 Å². The Morgan fingerprint density at radius 1 is 1.08 bits per heavy atom. The Hall–Kier alpha value is -2.75. The number of benzene rings is 2. The topological polar surface area (TPSA) is 33.1 Å². The fraction of sp³-hybridized carbons (Fsp3) is 0.250. The Bertz CT molecular complexity index is 892. The molecule has 0 amide bonds. The molecular formula is C20H22N4. The zero-order chi connectivity index (χ0) is 16.7. The number of hydrogen-bond donors (Lipinski definition) is 1. The molecule has 1 aromatic heterocycles. The van der Waals surface area contributed by atoms with Gasteiger partial charge in [-0.2, -0.15) is 5.10 Å². The maximum absolute atomic E-state index is 4.95. The van der Waals surface area contributed by atoms with Gasteiger partial charge in [0.25, 0.3) is 0 Å². The average molecular weight is 318 g/mol. The molecule has 0 aliphatic carbocycles. The van der Waals surface area contributed by atoms with Gasteiger partial charge in [-0.3, -0.25) is 0 Å². The lowest BCUT2D eigenvalue weighted by Crippen LogP contribution is -2.08. The van der Waals surface area contributed by atoms with Gasteiger partial charge in [0.15, 0.2) is 0 Å². The Morgan fingerprint density at radius 3 is 2.71 bits per heavy atom. The first-order valence-electron chi connectivity index (χ1n) is 8.34. The van der Waals surface area contributed by atoms with Crippen LogP contribution in [0.3, 0.4) is 0 Å². The van der Waals surface area contributed by atoms with Crippen LogP contribution in [0.4, 0.5) is 11.5 Å². The maximum atomic E-state index is 4.95. The van der Waals surface area contributed by atoms with Crippen molar-refractivity contribution in [1.82, 2.24) is 9.78 Å². The minimum atomic E-state index is 0.972. The second kappa shape index (κ2) is 5.71. The molecule has 1 aliphatic heterocycles. The summed E-state index contributed by atoms with van der Waals surface area (Å²) < 4.78 is 2.05. The van der Waals surface area contributed by atoms with E-state index in [2.05, 4.69) is 79.8 Å². The Morgan fingerprint density at radius 2 is 1.92 bits per heavy atom. The Labute approximate surface area is 142 Å². The molecule has 4 nitrogen and oxygen atoms in total. The van der Waals surface area contributed by atoms with Crippen molar-refractivity contribution in [3.8, 4) is 16.9 Å². The van der Waals surface area contributed by atoms with Crippen LogP contribution in [0.2, 0.25) is 0 Å². The summed E-state index contributed by atoms with van der Waals surface area (Å²) >= 11 is 0. The standard InChI is InChI=1S/C20H22N4/c1-14-6-4-9-17(12-14)24-20-18(10-11-21-20)19(22-24)15-7-5-8-16(13-15)23(2)3/h4-9,12-13,21H,10-11H2,1-3H3. The van der Waals surface area contributed by atoms with E-state index in [1.807, 2.05) is 4.68 Å². The van der Waals surface area contributed by atoms with E-state index >= 15 is 0 Å². The summed E-state index contributed by atoms with van der Waals surface area (Å²) in [5.74, 6) is 1.13. The van der Waals surface area contributed by atoms with Crippen LogP contribution >= 0.6 is 0 Å². The number of anilines is 2. The zero-order valence-corrected chi connectivity index (χ0v) is 14.4. The summed E-state index contributed by atoms with van der Waals surface area (Å²) in [6, 6.07) is 17.1. The molecule has 24 heavy (non-hydrogen) atoms. The van der Waals surface area contributed by atoms with Crippen molar-refractivity contribution in [3.05, 3.63) is 59.7 Å². The third-order valence-corrected chi connectivity index (χ3v) is 4.53. The van der Waals surface area contributed by atoms with Crippen molar-refractivity contribution < 1.29 is 0 Å². The first-order valence-corrected chi connectivity index (χ1v) is 8.34. The van der Waals surface area contributed by atoms with E-state index in [9.17, 15) is 0 Å².